The lowest BCUT2D eigenvalue weighted by molar-refractivity contribution is 0.164. The van der Waals surface area contributed by atoms with Crippen LogP contribution >= 0.6 is 0 Å². The molecule has 0 aliphatic heterocycles. The molecule has 0 unspecified atom stereocenters. The van der Waals surface area contributed by atoms with Crippen LogP contribution in [0.15, 0.2) is 18.3 Å². The molecule has 0 fully saturated rings. The highest BCUT2D eigenvalue weighted by atomic mass is 16.5. The molecule has 0 bridgehead atoms. The number of hydrogen-bond donors (Lipinski definition) is 2. The number of rotatable bonds is 3. The van der Waals surface area contributed by atoms with Crippen molar-refractivity contribution in [1.82, 2.24) is 4.98 Å². The van der Waals surface area contributed by atoms with Gasteiger partial charge in [-0.15, -0.1) is 0 Å². The topological polar surface area (TPSA) is 68.4 Å². The Labute approximate surface area is 77.4 Å². The molecule has 1 rings (SSSR count). The van der Waals surface area contributed by atoms with E-state index in [9.17, 15) is 5.11 Å². The number of nitrogens with two attached hydrogens (primary N) is 1. The molecule has 0 amide bonds. The number of nitrogens with zero attached hydrogens (tertiary/aromatic N) is 1. The van der Waals surface area contributed by atoms with Gasteiger partial charge in [0.15, 0.2) is 0 Å². The summed E-state index contributed by atoms with van der Waals surface area (Å²) < 4.78 is 4.89. The van der Waals surface area contributed by atoms with Crippen molar-refractivity contribution in [3.05, 3.63) is 23.9 Å². The molecule has 0 spiro atoms. The van der Waals surface area contributed by atoms with E-state index in [1.165, 1.54) is 0 Å². The molecule has 4 heteroatoms. The van der Waals surface area contributed by atoms with E-state index >= 15 is 0 Å². The smallest absolute Gasteiger partial charge is 0.212 e. The molecular weight excluding hydrogens is 168 g/mol. The van der Waals surface area contributed by atoms with E-state index in [-0.39, 0.29) is 0 Å². The first-order valence-electron chi connectivity index (χ1n) is 4.08. The van der Waals surface area contributed by atoms with Crippen molar-refractivity contribution < 1.29 is 9.84 Å². The molecule has 2 atom stereocenters. The molecule has 0 radical (unpaired) electrons. The van der Waals surface area contributed by atoms with Gasteiger partial charge in [-0.25, -0.2) is 4.98 Å². The summed E-state index contributed by atoms with van der Waals surface area (Å²) in [5.41, 5.74) is 6.50. The molecule has 0 aliphatic rings. The molecule has 1 aromatic heterocycles. The van der Waals surface area contributed by atoms with Gasteiger partial charge in [0, 0.05) is 12.3 Å². The highest BCUT2D eigenvalue weighted by Crippen LogP contribution is 2.15. The summed E-state index contributed by atoms with van der Waals surface area (Å²) in [6.07, 6.45) is 1.03. The lowest BCUT2D eigenvalue weighted by atomic mass is 10.1. The molecule has 0 aromatic carbocycles. The summed E-state index contributed by atoms with van der Waals surface area (Å²) in [4.78, 5) is 3.99. The quantitative estimate of drug-likeness (QED) is 0.713. The zero-order valence-corrected chi connectivity index (χ0v) is 7.77. The Bertz CT molecular complexity index is 259. The molecule has 0 aliphatic carbocycles. The molecule has 0 saturated carbocycles. The SMILES string of the molecule is COc1ccc([C@H](N)[C@@H](C)O)cn1. The molecule has 4 nitrogen and oxygen atoms in total. The number of aliphatic hydroxyl groups excluding tert-OH is 1. The summed E-state index contributed by atoms with van der Waals surface area (Å²) in [6, 6.07) is 3.12. The van der Waals surface area contributed by atoms with E-state index in [2.05, 4.69) is 4.98 Å². The second kappa shape index (κ2) is 4.20. The molecule has 1 aromatic rings. The Hall–Kier alpha value is -1.13. The van der Waals surface area contributed by atoms with E-state index in [0.717, 1.165) is 5.56 Å². The van der Waals surface area contributed by atoms with Crippen molar-refractivity contribution in [2.75, 3.05) is 7.11 Å². The van der Waals surface area contributed by atoms with Gasteiger partial charge in [-0.2, -0.15) is 0 Å². The van der Waals surface area contributed by atoms with Gasteiger partial charge in [0.25, 0.3) is 0 Å². The standard InChI is InChI=1S/C9H14N2O2/c1-6(12)9(10)7-3-4-8(13-2)11-5-7/h3-6,9,12H,10H2,1-2H3/t6-,9-/m1/s1. The Balaban J connectivity index is 2.79. The van der Waals surface area contributed by atoms with Crippen LogP contribution in [0.1, 0.15) is 18.5 Å². The Morgan fingerprint density at radius 1 is 1.54 bits per heavy atom. The number of aromatic nitrogens is 1. The van der Waals surface area contributed by atoms with Crippen molar-refractivity contribution in [3.8, 4) is 5.88 Å². The number of aliphatic hydroxyl groups is 1. The first-order chi connectivity index (χ1) is 6.15. The fourth-order valence-electron chi connectivity index (χ4n) is 0.988. The van der Waals surface area contributed by atoms with Crippen molar-refractivity contribution in [3.63, 3.8) is 0 Å². The van der Waals surface area contributed by atoms with E-state index in [4.69, 9.17) is 10.5 Å². The minimum Gasteiger partial charge on any atom is -0.481 e. The van der Waals surface area contributed by atoms with Crippen LogP contribution in [0.25, 0.3) is 0 Å². The average molecular weight is 182 g/mol. The van der Waals surface area contributed by atoms with Crippen LogP contribution in [-0.4, -0.2) is 23.3 Å². The zero-order chi connectivity index (χ0) is 9.84. The van der Waals surface area contributed by atoms with E-state index < -0.39 is 12.1 Å². The number of methoxy groups -OCH3 is 1. The fourth-order valence-corrected chi connectivity index (χ4v) is 0.988. The normalized spacial score (nSPS) is 15.1. The lowest BCUT2D eigenvalue weighted by Gasteiger charge is -2.14. The third-order valence-corrected chi connectivity index (χ3v) is 1.87. The van der Waals surface area contributed by atoms with Gasteiger partial charge in [0.2, 0.25) is 5.88 Å². The Kier molecular flexibility index (Phi) is 3.22. The van der Waals surface area contributed by atoms with Crippen LogP contribution in [-0.2, 0) is 0 Å². The van der Waals surface area contributed by atoms with Gasteiger partial charge < -0.3 is 15.6 Å². The van der Waals surface area contributed by atoms with Crippen LogP contribution in [0, 0.1) is 0 Å². The molecule has 1 heterocycles. The first-order valence-corrected chi connectivity index (χ1v) is 4.08. The monoisotopic (exact) mass is 182 g/mol. The third-order valence-electron chi connectivity index (χ3n) is 1.87. The molecule has 0 saturated heterocycles. The second-order valence-electron chi connectivity index (χ2n) is 2.90. The molecular formula is C9H14N2O2. The largest absolute Gasteiger partial charge is 0.481 e. The number of pyridine rings is 1. The average Bonchev–Trinajstić information content (AvgIpc) is 2.17. The summed E-state index contributed by atoms with van der Waals surface area (Å²) in [6.45, 7) is 1.65. The minimum absolute atomic E-state index is 0.390. The maximum Gasteiger partial charge on any atom is 0.212 e. The molecule has 72 valence electrons. The predicted molar refractivity (Wildman–Crippen MR) is 49.4 cm³/mol. The van der Waals surface area contributed by atoms with Crippen molar-refractivity contribution in [1.29, 1.82) is 0 Å². The van der Waals surface area contributed by atoms with Crippen LogP contribution in [0.2, 0.25) is 0 Å². The van der Waals surface area contributed by atoms with Gasteiger partial charge in [-0.05, 0) is 12.5 Å². The van der Waals surface area contributed by atoms with Crippen molar-refractivity contribution in [2.45, 2.75) is 19.1 Å². The van der Waals surface area contributed by atoms with E-state index in [1.807, 2.05) is 0 Å². The first kappa shape index (κ1) is 9.95. The molecule has 13 heavy (non-hydrogen) atoms. The second-order valence-corrected chi connectivity index (χ2v) is 2.90. The van der Waals surface area contributed by atoms with E-state index in [0.29, 0.717) is 5.88 Å². The zero-order valence-electron chi connectivity index (χ0n) is 7.77. The van der Waals surface area contributed by atoms with Crippen LogP contribution < -0.4 is 10.5 Å². The van der Waals surface area contributed by atoms with Crippen LogP contribution in [0.3, 0.4) is 0 Å². The summed E-state index contributed by atoms with van der Waals surface area (Å²) >= 11 is 0. The third kappa shape index (κ3) is 2.40. The van der Waals surface area contributed by atoms with Gasteiger partial charge in [-0.1, -0.05) is 6.07 Å². The summed E-state index contributed by atoms with van der Waals surface area (Å²) in [7, 11) is 1.55. The summed E-state index contributed by atoms with van der Waals surface area (Å²) in [5.74, 6) is 0.543. The highest BCUT2D eigenvalue weighted by molar-refractivity contribution is 5.21. The maximum absolute atomic E-state index is 9.22. The fraction of sp³-hybridized carbons (Fsp3) is 0.444. The minimum atomic E-state index is -0.574. The van der Waals surface area contributed by atoms with Crippen molar-refractivity contribution >= 4 is 0 Å². The number of ether oxygens (including phenoxy) is 1. The van der Waals surface area contributed by atoms with Crippen LogP contribution in [0.4, 0.5) is 0 Å². The Morgan fingerprint density at radius 3 is 2.62 bits per heavy atom. The summed E-state index contributed by atoms with van der Waals surface area (Å²) in [5, 5.41) is 9.22. The van der Waals surface area contributed by atoms with Gasteiger partial charge in [-0.3, -0.25) is 0 Å². The van der Waals surface area contributed by atoms with Gasteiger partial charge in [0.1, 0.15) is 0 Å². The van der Waals surface area contributed by atoms with Crippen molar-refractivity contribution in [2.24, 2.45) is 5.73 Å². The predicted octanol–water partition coefficient (Wildman–Crippen LogP) is 0.471. The maximum atomic E-state index is 9.22. The lowest BCUT2D eigenvalue weighted by Crippen LogP contribution is -2.23. The van der Waals surface area contributed by atoms with E-state index in [1.54, 1.807) is 32.4 Å². The van der Waals surface area contributed by atoms with Crippen LogP contribution in [0.5, 0.6) is 5.88 Å². The number of hydrogen-bond acceptors (Lipinski definition) is 4. The van der Waals surface area contributed by atoms with Gasteiger partial charge in [0.05, 0.1) is 19.3 Å². The molecule has 3 N–H and O–H groups in total. The Morgan fingerprint density at radius 2 is 2.23 bits per heavy atom. The van der Waals surface area contributed by atoms with Gasteiger partial charge >= 0.3 is 0 Å². The highest BCUT2D eigenvalue weighted by Gasteiger charge is 2.11.